The van der Waals surface area contributed by atoms with Crippen LogP contribution in [0.15, 0.2) is 71.8 Å². The van der Waals surface area contributed by atoms with Crippen LogP contribution in [0, 0.1) is 12.7 Å². The summed E-state index contributed by atoms with van der Waals surface area (Å²) in [5, 5.41) is 10.4. The fourth-order valence-electron chi connectivity index (χ4n) is 2.62. The molecular weight excluding hydrogens is 377 g/mol. The molecule has 0 saturated heterocycles. The average molecular weight is 394 g/mol. The molecule has 0 amide bonds. The summed E-state index contributed by atoms with van der Waals surface area (Å²) in [6, 6.07) is 20.8. The molecule has 2 aromatic heterocycles. The fourth-order valence-corrected chi connectivity index (χ4v) is 4.46. The molecule has 0 N–H and O–H groups in total. The molecule has 0 fully saturated rings. The molecule has 0 spiro atoms. The topological polar surface area (TPSA) is 38.7 Å². The van der Waals surface area contributed by atoms with Gasteiger partial charge in [0, 0.05) is 11.3 Å². The SMILES string of the molecule is Cc1nc(-c2ccccc2)sc1-c1ccc(SCc2ccccc2F)nn1. The van der Waals surface area contributed by atoms with E-state index in [0.717, 1.165) is 31.9 Å². The molecule has 2 heterocycles. The summed E-state index contributed by atoms with van der Waals surface area (Å²) in [7, 11) is 0. The van der Waals surface area contributed by atoms with E-state index in [1.807, 2.05) is 43.3 Å². The van der Waals surface area contributed by atoms with Gasteiger partial charge in [-0.15, -0.1) is 21.5 Å². The summed E-state index contributed by atoms with van der Waals surface area (Å²) >= 11 is 3.09. The van der Waals surface area contributed by atoms with Crippen molar-refractivity contribution in [3.8, 4) is 21.1 Å². The molecule has 0 radical (unpaired) electrons. The van der Waals surface area contributed by atoms with Gasteiger partial charge in [-0.25, -0.2) is 9.37 Å². The van der Waals surface area contributed by atoms with Gasteiger partial charge in [0.1, 0.15) is 21.5 Å². The van der Waals surface area contributed by atoms with Gasteiger partial charge in [-0.05, 0) is 30.7 Å². The van der Waals surface area contributed by atoms with Crippen molar-refractivity contribution in [2.45, 2.75) is 17.7 Å². The second-order valence-corrected chi connectivity index (χ2v) is 7.93. The third kappa shape index (κ3) is 4.07. The molecule has 2 aromatic carbocycles. The summed E-state index contributed by atoms with van der Waals surface area (Å²) in [4.78, 5) is 5.69. The van der Waals surface area contributed by atoms with Crippen molar-refractivity contribution >= 4 is 23.1 Å². The van der Waals surface area contributed by atoms with Crippen LogP contribution in [0.25, 0.3) is 21.1 Å². The number of aromatic nitrogens is 3. The zero-order chi connectivity index (χ0) is 18.6. The minimum Gasteiger partial charge on any atom is -0.241 e. The first-order valence-corrected chi connectivity index (χ1v) is 10.2. The van der Waals surface area contributed by atoms with Crippen LogP contribution in [0.1, 0.15) is 11.3 Å². The molecule has 6 heteroatoms. The third-order valence-corrected chi connectivity index (χ3v) is 6.22. The lowest BCUT2D eigenvalue weighted by Crippen LogP contribution is -1.91. The number of aryl methyl sites for hydroxylation is 1. The van der Waals surface area contributed by atoms with Gasteiger partial charge in [0.15, 0.2) is 0 Å². The van der Waals surface area contributed by atoms with Gasteiger partial charge in [-0.2, -0.15) is 0 Å². The van der Waals surface area contributed by atoms with Crippen LogP contribution in [-0.4, -0.2) is 15.2 Å². The molecule has 0 saturated carbocycles. The Labute approximate surface area is 165 Å². The van der Waals surface area contributed by atoms with E-state index in [9.17, 15) is 4.39 Å². The molecule has 0 aliphatic heterocycles. The maximum Gasteiger partial charge on any atom is 0.127 e. The summed E-state index contributed by atoms with van der Waals surface area (Å²) in [6.07, 6.45) is 0. The molecule has 27 heavy (non-hydrogen) atoms. The smallest absolute Gasteiger partial charge is 0.127 e. The molecule has 3 nitrogen and oxygen atoms in total. The van der Waals surface area contributed by atoms with Gasteiger partial charge >= 0.3 is 0 Å². The summed E-state index contributed by atoms with van der Waals surface area (Å²) in [5.74, 6) is 0.335. The number of halogens is 1. The molecule has 4 rings (SSSR count). The quantitative estimate of drug-likeness (QED) is 0.389. The van der Waals surface area contributed by atoms with E-state index in [0.29, 0.717) is 11.3 Å². The lowest BCUT2D eigenvalue weighted by molar-refractivity contribution is 0.617. The predicted molar refractivity (Wildman–Crippen MR) is 109 cm³/mol. The monoisotopic (exact) mass is 393 g/mol. The van der Waals surface area contributed by atoms with Crippen molar-refractivity contribution in [2.24, 2.45) is 0 Å². The molecule has 0 aliphatic carbocycles. The zero-order valence-corrected chi connectivity index (χ0v) is 16.2. The second-order valence-electron chi connectivity index (χ2n) is 5.94. The van der Waals surface area contributed by atoms with Crippen LogP contribution >= 0.6 is 23.1 Å². The maximum absolute atomic E-state index is 13.7. The van der Waals surface area contributed by atoms with Gasteiger partial charge in [-0.1, -0.05) is 60.3 Å². The van der Waals surface area contributed by atoms with Crippen LogP contribution in [0.3, 0.4) is 0 Å². The first-order chi connectivity index (χ1) is 13.2. The Hall–Kier alpha value is -2.57. The Balaban J connectivity index is 1.51. The molecule has 4 aromatic rings. The summed E-state index contributed by atoms with van der Waals surface area (Å²) in [5.41, 5.74) is 3.52. The van der Waals surface area contributed by atoms with E-state index >= 15 is 0 Å². The van der Waals surface area contributed by atoms with E-state index in [-0.39, 0.29) is 5.82 Å². The van der Waals surface area contributed by atoms with E-state index in [4.69, 9.17) is 0 Å². The van der Waals surface area contributed by atoms with Crippen molar-refractivity contribution < 1.29 is 4.39 Å². The lowest BCUT2D eigenvalue weighted by atomic mass is 10.2. The highest BCUT2D eigenvalue weighted by molar-refractivity contribution is 7.98. The van der Waals surface area contributed by atoms with Crippen molar-refractivity contribution in [2.75, 3.05) is 0 Å². The van der Waals surface area contributed by atoms with Crippen molar-refractivity contribution in [1.29, 1.82) is 0 Å². The number of hydrogen-bond acceptors (Lipinski definition) is 5. The van der Waals surface area contributed by atoms with E-state index in [1.54, 1.807) is 23.5 Å². The minimum atomic E-state index is -0.191. The van der Waals surface area contributed by atoms with Gasteiger partial charge in [0.25, 0.3) is 0 Å². The number of hydrogen-bond donors (Lipinski definition) is 0. The van der Waals surface area contributed by atoms with Crippen molar-refractivity contribution in [3.63, 3.8) is 0 Å². The number of rotatable bonds is 5. The summed E-state index contributed by atoms with van der Waals surface area (Å²) in [6.45, 7) is 1.99. The van der Waals surface area contributed by atoms with E-state index in [1.165, 1.54) is 17.8 Å². The molecule has 0 bridgehead atoms. The highest BCUT2D eigenvalue weighted by Crippen LogP contribution is 2.34. The number of thioether (sulfide) groups is 1. The van der Waals surface area contributed by atoms with Gasteiger partial charge < -0.3 is 0 Å². The molecule has 0 aliphatic rings. The Bertz CT molecular complexity index is 1050. The first kappa shape index (κ1) is 17.8. The molecule has 0 atom stereocenters. The Kier molecular flexibility index (Phi) is 5.27. The Morgan fingerprint density at radius 3 is 2.44 bits per heavy atom. The highest BCUT2D eigenvalue weighted by atomic mass is 32.2. The van der Waals surface area contributed by atoms with Crippen LogP contribution in [0.5, 0.6) is 0 Å². The summed E-state index contributed by atoms with van der Waals surface area (Å²) < 4.78 is 13.7. The van der Waals surface area contributed by atoms with Gasteiger partial charge in [0.2, 0.25) is 0 Å². The van der Waals surface area contributed by atoms with Gasteiger partial charge in [-0.3, -0.25) is 0 Å². The van der Waals surface area contributed by atoms with Crippen LogP contribution < -0.4 is 0 Å². The fraction of sp³-hybridized carbons (Fsp3) is 0.0952. The highest BCUT2D eigenvalue weighted by Gasteiger charge is 2.13. The Morgan fingerprint density at radius 2 is 1.70 bits per heavy atom. The standard InChI is InChI=1S/C21H16FN3S2/c1-14-20(27-21(23-14)15-7-3-2-4-8-15)18-11-12-19(25-24-18)26-13-16-9-5-6-10-17(16)22/h2-12H,13H2,1H3. The normalized spacial score (nSPS) is 10.9. The second kappa shape index (κ2) is 7.98. The first-order valence-electron chi connectivity index (χ1n) is 8.44. The predicted octanol–water partition coefficient (Wildman–Crippen LogP) is 6.01. The minimum absolute atomic E-state index is 0.191. The molecule has 134 valence electrons. The van der Waals surface area contributed by atoms with Crippen LogP contribution in [0.2, 0.25) is 0 Å². The maximum atomic E-state index is 13.7. The van der Waals surface area contributed by atoms with Crippen LogP contribution in [-0.2, 0) is 5.75 Å². The average Bonchev–Trinajstić information content (AvgIpc) is 3.10. The molecule has 0 unspecified atom stereocenters. The number of thiazole rings is 1. The van der Waals surface area contributed by atoms with Crippen molar-refractivity contribution in [3.05, 3.63) is 83.8 Å². The van der Waals surface area contributed by atoms with Crippen molar-refractivity contribution in [1.82, 2.24) is 15.2 Å². The lowest BCUT2D eigenvalue weighted by Gasteiger charge is -2.03. The Morgan fingerprint density at radius 1 is 0.926 bits per heavy atom. The zero-order valence-electron chi connectivity index (χ0n) is 14.6. The number of nitrogens with zero attached hydrogens (tertiary/aromatic N) is 3. The van der Waals surface area contributed by atoms with E-state index in [2.05, 4.69) is 27.3 Å². The molecular formula is C21H16FN3S2. The van der Waals surface area contributed by atoms with Crippen LogP contribution in [0.4, 0.5) is 4.39 Å². The number of benzene rings is 2. The largest absolute Gasteiger partial charge is 0.241 e. The van der Waals surface area contributed by atoms with E-state index < -0.39 is 0 Å². The third-order valence-electron chi connectivity index (χ3n) is 4.02. The van der Waals surface area contributed by atoms with Gasteiger partial charge in [0.05, 0.1) is 10.6 Å².